The highest BCUT2D eigenvalue weighted by molar-refractivity contribution is 5.77. The smallest absolute Gasteiger partial charge is 0.453 e. The fourth-order valence-electron chi connectivity index (χ4n) is 2.51. The van der Waals surface area contributed by atoms with Crippen molar-refractivity contribution in [3.63, 3.8) is 0 Å². The van der Waals surface area contributed by atoms with Crippen molar-refractivity contribution in [2.24, 2.45) is 0 Å². The van der Waals surface area contributed by atoms with Gasteiger partial charge in [-0.2, -0.15) is 0 Å². The number of nitrogens with one attached hydrogen (secondary N) is 5. The first-order chi connectivity index (χ1) is 21.6. The van der Waals surface area contributed by atoms with Crippen LogP contribution in [0.2, 0.25) is 0 Å². The number of amides is 5. The minimum Gasteiger partial charge on any atom is -0.453 e. The van der Waals surface area contributed by atoms with E-state index in [9.17, 15) is 28.8 Å². The van der Waals surface area contributed by atoms with Gasteiger partial charge in [-0.15, -0.1) is 0 Å². The van der Waals surface area contributed by atoms with E-state index in [0.717, 1.165) is 19.3 Å². The Morgan fingerprint density at radius 2 is 0.822 bits per heavy atom. The fourth-order valence-corrected chi connectivity index (χ4v) is 2.51. The van der Waals surface area contributed by atoms with Crippen LogP contribution < -0.4 is 26.6 Å². The van der Waals surface area contributed by atoms with Gasteiger partial charge in [0.15, 0.2) is 0 Å². The molecule has 0 saturated carbocycles. The van der Waals surface area contributed by atoms with Gasteiger partial charge >= 0.3 is 18.3 Å². The molecule has 0 aliphatic heterocycles. The molecule has 0 fully saturated rings. The van der Waals surface area contributed by atoms with Crippen molar-refractivity contribution in [2.45, 2.75) is 19.3 Å². The van der Waals surface area contributed by atoms with Crippen LogP contribution in [-0.4, -0.2) is 151 Å². The maximum atomic E-state index is 11.0. The number of rotatable bonds is 21. The first-order valence-electron chi connectivity index (χ1n) is 13.8. The number of unbranched alkanes of at least 4 members (excludes halogenated alkanes) is 2. The molecule has 0 unspecified atom stereocenters. The summed E-state index contributed by atoms with van der Waals surface area (Å²) in [6.45, 7) is 3.26. The third-order valence-electron chi connectivity index (χ3n) is 4.54. The summed E-state index contributed by atoms with van der Waals surface area (Å²) < 4.78 is 36.5. The molecule has 0 saturated heterocycles. The van der Waals surface area contributed by atoms with Gasteiger partial charge in [-0.25, -0.2) is 14.4 Å². The zero-order valence-corrected chi connectivity index (χ0v) is 27.1. The lowest BCUT2D eigenvalue weighted by Gasteiger charge is -2.06. The van der Waals surface area contributed by atoms with Crippen molar-refractivity contribution < 1.29 is 66.7 Å². The van der Waals surface area contributed by atoms with E-state index in [0.29, 0.717) is 39.4 Å². The van der Waals surface area contributed by atoms with Crippen molar-refractivity contribution in [3.05, 3.63) is 0 Å². The lowest BCUT2D eigenvalue weighted by Crippen LogP contribution is -2.31. The van der Waals surface area contributed by atoms with Gasteiger partial charge in [0.05, 0.1) is 41.1 Å². The fraction of sp³-hybridized carbons (Fsp3) is 0.769. The second kappa shape index (κ2) is 36.3. The largest absolute Gasteiger partial charge is 0.508 e. The summed E-state index contributed by atoms with van der Waals surface area (Å²) in [6.07, 6.45) is 1.04. The topological polar surface area (TPSA) is 236 Å². The first kappa shape index (κ1) is 45.5. The Hall–Kier alpha value is -3.94. The van der Waals surface area contributed by atoms with E-state index in [-0.39, 0.29) is 50.7 Å². The Balaban J connectivity index is -0.000000592. The molecule has 0 radical (unpaired) electrons. The van der Waals surface area contributed by atoms with E-state index in [1.807, 2.05) is 0 Å². The van der Waals surface area contributed by atoms with Crippen LogP contribution in [0, 0.1) is 0 Å². The molecule has 264 valence electrons. The summed E-state index contributed by atoms with van der Waals surface area (Å²) in [5.74, 6) is -0.537. The normalized spacial score (nSPS) is 9.47. The predicted molar refractivity (Wildman–Crippen MR) is 158 cm³/mol. The van der Waals surface area contributed by atoms with Crippen LogP contribution in [0.5, 0.6) is 0 Å². The summed E-state index contributed by atoms with van der Waals surface area (Å²) >= 11 is 0. The first-order valence-corrected chi connectivity index (χ1v) is 13.8. The number of hydrogen-bond donors (Lipinski definition) is 5. The SMILES string of the molecule is COCC(=O)NCCCCCNC(=O)OC.COCC(=O)NCCOC(=O)OC.COCC(=O)NCCOCCNC(=O)OC. The molecule has 0 aliphatic rings. The number of methoxy groups -OCH3 is 6. The van der Waals surface area contributed by atoms with Crippen LogP contribution >= 0.6 is 0 Å². The van der Waals surface area contributed by atoms with E-state index < -0.39 is 18.3 Å². The second-order valence-corrected chi connectivity index (χ2v) is 8.16. The summed E-state index contributed by atoms with van der Waals surface area (Å²) in [5, 5.41) is 12.8. The molecule has 45 heavy (non-hydrogen) atoms. The van der Waals surface area contributed by atoms with Crippen LogP contribution in [0.25, 0.3) is 0 Å². The number of hydrogen-bond acceptors (Lipinski definition) is 14. The Morgan fingerprint density at radius 1 is 0.444 bits per heavy atom. The highest BCUT2D eigenvalue weighted by atomic mass is 16.7. The van der Waals surface area contributed by atoms with Gasteiger partial charge in [0.25, 0.3) is 0 Å². The Labute approximate surface area is 264 Å². The van der Waals surface area contributed by atoms with Crippen LogP contribution in [0.4, 0.5) is 14.4 Å². The van der Waals surface area contributed by atoms with Crippen LogP contribution in [0.3, 0.4) is 0 Å². The zero-order chi connectivity index (χ0) is 34.6. The molecule has 0 spiro atoms. The van der Waals surface area contributed by atoms with Gasteiger partial charge < -0.3 is 64.5 Å². The number of ether oxygens (including phenoxy) is 8. The third kappa shape index (κ3) is 40.1. The minimum absolute atomic E-state index is 0.00176. The third-order valence-corrected chi connectivity index (χ3v) is 4.54. The van der Waals surface area contributed by atoms with E-state index in [2.05, 4.69) is 59.7 Å². The number of carbonyl (C=O) groups is 6. The molecule has 0 heterocycles. The van der Waals surface area contributed by atoms with Gasteiger partial charge in [-0.3, -0.25) is 14.4 Å². The van der Waals surface area contributed by atoms with Crippen molar-refractivity contribution >= 4 is 36.1 Å². The molecule has 0 bridgehead atoms. The van der Waals surface area contributed by atoms with Gasteiger partial charge in [-0.1, -0.05) is 0 Å². The monoisotopic (exact) mass is 657 g/mol. The Kier molecular flexibility index (Phi) is 36.6. The minimum atomic E-state index is -0.763. The predicted octanol–water partition coefficient (Wildman–Crippen LogP) is -1.07. The average Bonchev–Trinajstić information content (AvgIpc) is 3.02. The summed E-state index contributed by atoms with van der Waals surface area (Å²) in [6, 6.07) is 0. The van der Waals surface area contributed by atoms with E-state index in [1.54, 1.807) is 0 Å². The molecule has 0 aliphatic carbocycles. The van der Waals surface area contributed by atoms with Gasteiger partial charge in [-0.05, 0) is 19.3 Å². The van der Waals surface area contributed by atoms with E-state index in [4.69, 9.17) is 4.74 Å². The molecule has 0 rings (SSSR count). The van der Waals surface area contributed by atoms with E-state index >= 15 is 0 Å². The molecule has 5 amide bonds. The van der Waals surface area contributed by atoms with E-state index in [1.165, 1.54) is 42.7 Å². The van der Waals surface area contributed by atoms with Gasteiger partial charge in [0, 0.05) is 47.5 Å². The second-order valence-electron chi connectivity index (χ2n) is 8.16. The molecule has 0 aromatic heterocycles. The Bertz CT molecular complexity index is 745. The zero-order valence-electron chi connectivity index (χ0n) is 27.1. The molecule has 5 N–H and O–H groups in total. The maximum absolute atomic E-state index is 11.0. The quantitative estimate of drug-likeness (QED) is 0.0562. The molecule has 0 aromatic carbocycles. The lowest BCUT2D eigenvalue weighted by molar-refractivity contribution is -0.125. The van der Waals surface area contributed by atoms with Gasteiger partial charge in [0.1, 0.15) is 26.4 Å². The molecular weight excluding hydrogens is 606 g/mol. The van der Waals surface area contributed by atoms with Crippen molar-refractivity contribution in [2.75, 3.05) is 115 Å². The Morgan fingerprint density at radius 3 is 1.24 bits per heavy atom. The summed E-state index contributed by atoms with van der Waals surface area (Å²) in [7, 11) is 8.20. The van der Waals surface area contributed by atoms with Crippen LogP contribution in [0.15, 0.2) is 0 Å². The highest BCUT2D eigenvalue weighted by Gasteiger charge is 2.02. The van der Waals surface area contributed by atoms with Crippen LogP contribution in [-0.2, 0) is 52.3 Å². The summed E-state index contributed by atoms with van der Waals surface area (Å²) in [5.41, 5.74) is 0. The highest BCUT2D eigenvalue weighted by Crippen LogP contribution is 1.92. The average molecular weight is 658 g/mol. The number of alkyl carbamates (subject to hydrolysis) is 2. The molecule has 19 heteroatoms. The standard InChI is InChI=1S/C10H20N2O4.C9H18N2O5.C7H13NO5/c1-15-8-9(13)11-6-4-3-5-7-12-10(14)16-2;1-14-7-8(12)10-3-5-16-6-4-11-9(13)15-2;1-11-5-6(9)8-3-4-13-7(10)12-2/h3-8H2,1-2H3,(H,11,13)(H,12,14);3-7H2,1-2H3,(H,10,12)(H,11,13);3-5H2,1-2H3,(H,8,9). The molecule has 19 nitrogen and oxygen atoms in total. The molecule has 0 atom stereocenters. The lowest BCUT2D eigenvalue weighted by atomic mass is 10.2. The molecular formula is C26H51N5O14. The van der Waals surface area contributed by atoms with Gasteiger partial charge in [0.2, 0.25) is 17.7 Å². The van der Waals surface area contributed by atoms with Crippen LogP contribution in [0.1, 0.15) is 19.3 Å². The van der Waals surface area contributed by atoms with Crippen molar-refractivity contribution in [1.29, 1.82) is 0 Å². The molecule has 0 aromatic rings. The summed E-state index contributed by atoms with van der Waals surface area (Å²) in [4.78, 5) is 64.3. The number of carbonyl (C=O) groups excluding carboxylic acids is 6. The maximum Gasteiger partial charge on any atom is 0.508 e. The van der Waals surface area contributed by atoms with Crippen molar-refractivity contribution in [1.82, 2.24) is 26.6 Å². The van der Waals surface area contributed by atoms with Crippen molar-refractivity contribution in [3.8, 4) is 0 Å².